The highest BCUT2D eigenvalue weighted by Crippen LogP contribution is 2.49. The van der Waals surface area contributed by atoms with Gasteiger partial charge in [-0.1, -0.05) is 77.6 Å². The third kappa shape index (κ3) is 12.4. The van der Waals surface area contributed by atoms with Crippen molar-refractivity contribution in [2.75, 3.05) is 13.2 Å². The maximum Gasteiger partial charge on any atom is 0.474 e. The molecule has 0 bridgehead atoms. The molecule has 0 amide bonds. The molecule has 0 heterocycles. The van der Waals surface area contributed by atoms with Crippen LogP contribution in [0.3, 0.4) is 0 Å². The quantitative estimate of drug-likeness (QED) is 0.0999. The summed E-state index contributed by atoms with van der Waals surface area (Å²) in [7, 11) is -4.77. The highest BCUT2D eigenvalue weighted by Gasteiger charge is 2.55. The third-order valence-corrected chi connectivity index (χ3v) is 5.96. The molecule has 0 aromatic heterocycles. The van der Waals surface area contributed by atoms with Crippen LogP contribution in [0.4, 0.5) is 0 Å². The van der Waals surface area contributed by atoms with Gasteiger partial charge < -0.3 is 31.7 Å². The van der Waals surface area contributed by atoms with Gasteiger partial charge in [0.1, 0.15) is 0 Å². The van der Waals surface area contributed by atoms with E-state index in [4.69, 9.17) is 16.0 Å². The minimum absolute atomic E-state index is 0.0628. The number of aliphatic hydroxyl groups is 3. The minimum Gasteiger partial charge on any atom is -0.362 e. The van der Waals surface area contributed by atoms with Crippen LogP contribution in [0.5, 0.6) is 0 Å². The Kier molecular flexibility index (Phi) is 14.8. The lowest BCUT2D eigenvalue weighted by atomic mass is 10.00. The van der Waals surface area contributed by atoms with Crippen LogP contribution in [0.25, 0.3) is 0 Å². The van der Waals surface area contributed by atoms with E-state index in [1.165, 1.54) is 51.4 Å². The van der Waals surface area contributed by atoms with Crippen LogP contribution >= 0.6 is 7.82 Å². The fourth-order valence-corrected chi connectivity index (χ4v) is 4.06. The van der Waals surface area contributed by atoms with Crippen LogP contribution in [0, 0.1) is 0 Å². The first-order valence-corrected chi connectivity index (χ1v) is 12.3. The topological polar surface area (TPSA) is 168 Å². The van der Waals surface area contributed by atoms with Gasteiger partial charge in [-0.2, -0.15) is 0 Å². The van der Waals surface area contributed by atoms with Gasteiger partial charge in [0.15, 0.2) is 0 Å². The number of phosphoric acid groups is 1. The predicted octanol–water partition coefficient (Wildman–Crippen LogP) is 2.50. The lowest BCUT2D eigenvalue weighted by Gasteiger charge is -2.40. The molecule has 0 fully saturated rings. The molecule has 0 aliphatic heterocycles. The summed E-state index contributed by atoms with van der Waals surface area (Å²) in [5.74, 6) is -5.87. The van der Waals surface area contributed by atoms with E-state index in [9.17, 15) is 24.8 Å². The first-order valence-electron chi connectivity index (χ1n) is 10.8. The van der Waals surface area contributed by atoms with Crippen LogP contribution in [0.2, 0.25) is 0 Å². The largest absolute Gasteiger partial charge is 0.474 e. The Morgan fingerprint density at radius 1 is 0.897 bits per heavy atom. The Morgan fingerprint density at radius 2 is 1.31 bits per heavy atom. The Labute approximate surface area is 175 Å². The number of phosphoric ester groups is 1. The second-order valence-electron chi connectivity index (χ2n) is 7.84. The molecule has 0 aliphatic rings. The van der Waals surface area contributed by atoms with E-state index >= 15 is 0 Å². The maximum atomic E-state index is 12.0. The molecule has 3 unspecified atom stereocenters. The second-order valence-corrected chi connectivity index (χ2v) is 9.22. The predicted molar refractivity (Wildman–Crippen MR) is 113 cm³/mol. The smallest absolute Gasteiger partial charge is 0.362 e. The van der Waals surface area contributed by atoms with E-state index in [1.54, 1.807) is 0 Å². The number of rotatable bonds is 19. The number of nitrogens with two attached hydrogens (primary N) is 2. The van der Waals surface area contributed by atoms with Crippen molar-refractivity contribution in [3.05, 3.63) is 0 Å². The zero-order valence-electron chi connectivity index (χ0n) is 18.1. The summed E-state index contributed by atoms with van der Waals surface area (Å²) in [6.07, 6.45) is 13.8. The van der Waals surface area contributed by atoms with Crippen molar-refractivity contribution in [1.82, 2.24) is 0 Å². The van der Waals surface area contributed by atoms with E-state index in [2.05, 4.69) is 11.4 Å². The molecule has 0 spiro atoms. The van der Waals surface area contributed by atoms with Gasteiger partial charge in [0.25, 0.3) is 0 Å². The molecule has 0 saturated carbocycles. The molecule has 176 valence electrons. The van der Waals surface area contributed by atoms with Gasteiger partial charge in [-0.25, -0.2) is 9.09 Å². The van der Waals surface area contributed by atoms with Gasteiger partial charge in [-0.15, -0.1) is 0 Å². The summed E-state index contributed by atoms with van der Waals surface area (Å²) in [4.78, 5) is 9.77. The fourth-order valence-electron chi connectivity index (χ4n) is 2.99. The molecule has 29 heavy (non-hydrogen) atoms. The summed E-state index contributed by atoms with van der Waals surface area (Å²) in [6, 6.07) is -1.52. The van der Waals surface area contributed by atoms with Gasteiger partial charge in [-0.05, 0) is 13.3 Å². The average Bonchev–Trinajstić information content (AvgIpc) is 2.63. The molecule has 0 aromatic rings. The van der Waals surface area contributed by atoms with Gasteiger partial charge in [0.2, 0.25) is 11.6 Å². The molecule has 0 saturated heterocycles. The van der Waals surface area contributed by atoms with E-state index in [1.807, 2.05) is 0 Å². The van der Waals surface area contributed by atoms with Crippen LogP contribution in [0.15, 0.2) is 0 Å². The molecule has 0 aliphatic carbocycles. The van der Waals surface area contributed by atoms with Gasteiger partial charge in [-0.3, -0.25) is 4.52 Å². The molecule has 3 atom stereocenters. The summed E-state index contributed by atoms with van der Waals surface area (Å²) in [5, 5.41) is 29.5. The van der Waals surface area contributed by atoms with Gasteiger partial charge in [0.05, 0.1) is 12.6 Å². The first kappa shape index (κ1) is 28.9. The highest BCUT2D eigenvalue weighted by molar-refractivity contribution is 7.47. The van der Waals surface area contributed by atoms with E-state index in [-0.39, 0.29) is 6.61 Å². The zero-order chi connectivity index (χ0) is 22.4. The van der Waals surface area contributed by atoms with Crippen LogP contribution in [-0.4, -0.2) is 51.0 Å². The van der Waals surface area contributed by atoms with Crippen LogP contribution in [0.1, 0.15) is 90.9 Å². The average molecular weight is 443 g/mol. The van der Waals surface area contributed by atoms with Crippen molar-refractivity contribution in [3.63, 3.8) is 0 Å². The van der Waals surface area contributed by atoms with Crippen molar-refractivity contribution in [3.8, 4) is 0 Å². The van der Waals surface area contributed by atoms with E-state index in [0.29, 0.717) is 6.42 Å². The van der Waals surface area contributed by atoms with Crippen LogP contribution in [-0.2, 0) is 13.6 Å². The maximum absolute atomic E-state index is 12.0. The summed E-state index contributed by atoms with van der Waals surface area (Å²) in [6.45, 7) is 2.51. The first-order chi connectivity index (χ1) is 13.5. The summed E-state index contributed by atoms with van der Waals surface area (Å²) >= 11 is 0. The van der Waals surface area contributed by atoms with E-state index in [0.717, 1.165) is 26.2 Å². The molecule has 8 N–H and O–H groups in total. The monoisotopic (exact) mass is 442 g/mol. The Morgan fingerprint density at radius 3 is 1.69 bits per heavy atom. The standard InChI is InChI=1S/C19H43N2O7P/c1-3-4-5-6-7-8-9-10-11-12-13-14-15-27-29(25,26)28-19(24,17(21)16-20)18(2,22)23/h17,22-24H,3-16,20-21H2,1-2H3,(H,25,26). The van der Waals surface area contributed by atoms with Gasteiger partial charge >= 0.3 is 7.82 Å². The van der Waals surface area contributed by atoms with Crippen molar-refractivity contribution in [2.45, 2.75) is 109 Å². The lowest BCUT2D eigenvalue weighted by Crippen LogP contribution is -2.66. The van der Waals surface area contributed by atoms with Crippen molar-refractivity contribution in [1.29, 1.82) is 0 Å². The Balaban J connectivity index is 3.96. The van der Waals surface area contributed by atoms with Crippen molar-refractivity contribution in [2.24, 2.45) is 11.5 Å². The molecule has 0 rings (SSSR count). The van der Waals surface area contributed by atoms with Gasteiger partial charge in [0, 0.05) is 6.54 Å². The lowest BCUT2D eigenvalue weighted by molar-refractivity contribution is -0.346. The molecular formula is C19H43N2O7P. The molecule has 9 nitrogen and oxygen atoms in total. The highest BCUT2D eigenvalue weighted by atomic mass is 31.2. The molecule has 10 heteroatoms. The summed E-state index contributed by atoms with van der Waals surface area (Å²) in [5.41, 5.74) is 10.8. The second kappa shape index (κ2) is 14.8. The Bertz CT molecular complexity index is 462. The van der Waals surface area contributed by atoms with Crippen molar-refractivity contribution < 1.29 is 33.8 Å². The number of unbranched alkanes of at least 4 members (excludes halogenated alkanes) is 11. The minimum atomic E-state index is -4.77. The number of hydrogen-bond donors (Lipinski definition) is 6. The van der Waals surface area contributed by atoms with Crippen molar-refractivity contribution >= 4 is 7.82 Å². The van der Waals surface area contributed by atoms with Crippen LogP contribution < -0.4 is 11.5 Å². The normalized spacial score (nSPS) is 17.7. The SMILES string of the molecule is CCCCCCCCCCCCCCOP(=O)(O)OC(O)(C(N)CN)C(C)(O)O. The summed E-state index contributed by atoms with van der Waals surface area (Å²) < 4.78 is 21.4. The fraction of sp³-hybridized carbons (Fsp3) is 1.00. The molecular weight excluding hydrogens is 399 g/mol. The van der Waals surface area contributed by atoms with E-state index < -0.39 is 32.0 Å². The zero-order valence-corrected chi connectivity index (χ0v) is 19.0. The number of hydrogen-bond acceptors (Lipinski definition) is 8. The Hall–Kier alpha value is -0.0900. The molecule has 0 radical (unpaired) electrons. The molecule has 0 aromatic carbocycles. The third-order valence-electron chi connectivity index (χ3n) is 4.94.